The minimum Gasteiger partial charge on any atom is -0.198 e. The third-order valence-corrected chi connectivity index (χ3v) is 2.69. The summed E-state index contributed by atoms with van der Waals surface area (Å²) in [4.78, 5) is 0. The maximum absolute atomic E-state index is 8.48. The largest absolute Gasteiger partial charge is 0.198 e. The highest BCUT2D eigenvalue weighted by Gasteiger charge is 1.99. The zero-order valence-corrected chi connectivity index (χ0v) is 8.45. The van der Waals surface area contributed by atoms with Crippen molar-refractivity contribution >= 4 is 11.8 Å². The second kappa shape index (κ2) is 6.54. The van der Waals surface area contributed by atoms with E-state index < -0.39 is 0 Å². The highest BCUT2D eigenvalue weighted by molar-refractivity contribution is 7.99. The third kappa shape index (κ3) is 7.74. The molecule has 0 saturated carbocycles. The van der Waals surface area contributed by atoms with Gasteiger partial charge in [-0.1, -0.05) is 13.8 Å². The molecule has 0 aromatic carbocycles. The standard InChI is InChI=1S/C9H17NS/c1-8(2)4-5-11-7-9(3)6-10/h8-9H,4-5,7H2,1-3H3. The summed E-state index contributed by atoms with van der Waals surface area (Å²) in [6, 6.07) is 2.23. The molecule has 0 aliphatic carbocycles. The van der Waals surface area contributed by atoms with Gasteiger partial charge in [-0.2, -0.15) is 17.0 Å². The van der Waals surface area contributed by atoms with E-state index in [1.54, 1.807) is 0 Å². The Morgan fingerprint density at radius 3 is 2.45 bits per heavy atom. The molecule has 2 heteroatoms. The van der Waals surface area contributed by atoms with Gasteiger partial charge in [0.2, 0.25) is 0 Å². The van der Waals surface area contributed by atoms with Gasteiger partial charge in [0, 0.05) is 5.75 Å². The van der Waals surface area contributed by atoms with Crippen molar-refractivity contribution in [1.82, 2.24) is 0 Å². The smallest absolute Gasteiger partial charge is 0.0661 e. The van der Waals surface area contributed by atoms with Crippen LogP contribution in [0.5, 0.6) is 0 Å². The number of hydrogen-bond donors (Lipinski definition) is 0. The van der Waals surface area contributed by atoms with Gasteiger partial charge in [-0.05, 0) is 25.0 Å². The number of hydrogen-bond acceptors (Lipinski definition) is 2. The Morgan fingerprint density at radius 2 is 2.00 bits per heavy atom. The molecular formula is C9H17NS. The zero-order valence-electron chi connectivity index (χ0n) is 7.63. The first-order chi connectivity index (χ1) is 5.16. The van der Waals surface area contributed by atoms with Gasteiger partial charge in [0.15, 0.2) is 0 Å². The van der Waals surface area contributed by atoms with Crippen molar-refractivity contribution in [1.29, 1.82) is 5.26 Å². The van der Waals surface area contributed by atoms with Crippen LogP contribution in [0.2, 0.25) is 0 Å². The van der Waals surface area contributed by atoms with E-state index in [2.05, 4.69) is 19.9 Å². The molecule has 0 aliphatic heterocycles. The lowest BCUT2D eigenvalue weighted by molar-refractivity contribution is 0.631. The van der Waals surface area contributed by atoms with Crippen LogP contribution < -0.4 is 0 Å². The molecule has 0 radical (unpaired) electrons. The highest BCUT2D eigenvalue weighted by Crippen LogP contribution is 2.11. The summed E-state index contributed by atoms with van der Waals surface area (Å²) < 4.78 is 0. The Kier molecular flexibility index (Phi) is 6.45. The van der Waals surface area contributed by atoms with E-state index in [1.165, 1.54) is 12.2 Å². The Balaban J connectivity index is 3.10. The predicted octanol–water partition coefficient (Wildman–Crippen LogP) is 2.93. The molecule has 1 unspecified atom stereocenters. The van der Waals surface area contributed by atoms with Gasteiger partial charge >= 0.3 is 0 Å². The van der Waals surface area contributed by atoms with Crippen LogP contribution in [0.15, 0.2) is 0 Å². The first kappa shape index (κ1) is 10.8. The van der Waals surface area contributed by atoms with Gasteiger partial charge in [-0.3, -0.25) is 0 Å². The number of thioether (sulfide) groups is 1. The molecule has 0 aromatic rings. The highest BCUT2D eigenvalue weighted by atomic mass is 32.2. The second-order valence-corrected chi connectivity index (χ2v) is 4.44. The van der Waals surface area contributed by atoms with Crippen LogP contribution in [0.25, 0.3) is 0 Å². The van der Waals surface area contributed by atoms with Gasteiger partial charge < -0.3 is 0 Å². The lowest BCUT2D eigenvalue weighted by Gasteiger charge is -2.04. The van der Waals surface area contributed by atoms with Crippen molar-refractivity contribution < 1.29 is 0 Å². The van der Waals surface area contributed by atoms with E-state index in [4.69, 9.17) is 5.26 Å². The van der Waals surface area contributed by atoms with Crippen molar-refractivity contribution in [3.05, 3.63) is 0 Å². The molecule has 0 fully saturated rings. The first-order valence-corrected chi connectivity index (χ1v) is 5.29. The maximum atomic E-state index is 8.48. The molecule has 0 heterocycles. The van der Waals surface area contributed by atoms with Crippen LogP contribution in [0, 0.1) is 23.2 Å². The van der Waals surface area contributed by atoms with Crippen molar-refractivity contribution in [3.63, 3.8) is 0 Å². The molecule has 0 rings (SSSR count). The Morgan fingerprint density at radius 1 is 1.36 bits per heavy atom. The van der Waals surface area contributed by atoms with E-state index in [0.717, 1.165) is 11.7 Å². The predicted molar refractivity (Wildman–Crippen MR) is 51.6 cm³/mol. The minimum absolute atomic E-state index is 0.215. The molecule has 11 heavy (non-hydrogen) atoms. The van der Waals surface area contributed by atoms with Crippen LogP contribution in [-0.2, 0) is 0 Å². The van der Waals surface area contributed by atoms with Crippen molar-refractivity contribution in [2.24, 2.45) is 11.8 Å². The van der Waals surface area contributed by atoms with Crippen molar-refractivity contribution in [3.8, 4) is 6.07 Å². The second-order valence-electron chi connectivity index (χ2n) is 3.29. The van der Waals surface area contributed by atoms with Crippen LogP contribution in [-0.4, -0.2) is 11.5 Å². The molecule has 0 saturated heterocycles. The zero-order chi connectivity index (χ0) is 8.69. The normalized spacial score (nSPS) is 13.0. The number of rotatable bonds is 5. The summed E-state index contributed by atoms with van der Waals surface area (Å²) in [5, 5.41) is 8.48. The Hall–Kier alpha value is -0.160. The molecular weight excluding hydrogens is 154 g/mol. The SMILES string of the molecule is CC(C)CCSCC(C)C#N. The minimum atomic E-state index is 0.215. The van der Waals surface area contributed by atoms with E-state index in [9.17, 15) is 0 Å². The Labute approximate surface area is 74.2 Å². The van der Waals surface area contributed by atoms with Gasteiger partial charge in [-0.15, -0.1) is 0 Å². The molecule has 0 spiro atoms. The topological polar surface area (TPSA) is 23.8 Å². The summed E-state index contributed by atoms with van der Waals surface area (Å²) in [7, 11) is 0. The van der Waals surface area contributed by atoms with Crippen LogP contribution in [0.1, 0.15) is 27.2 Å². The van der Waals surface area contributed by atoms with Crippen molar-refractivity contribution in [2.75, 3.05) is 11.5 Å². The average Bonchev–Trinajstić information content (AvgIpc) is 1.97. The third-order valence-electron chi connectivity index (χ3n) is 1.43. The molecule has 64 valence electrons. The van der Waals surface area contributed by atoms with Crippen LogP contribution in [0.3, 0.4) is 0 Å². The quantitative estimate of drug-likeness (QED) is 0.594. The first-order valence-electron chi connectivity index (χ1n) is 4.14. The summed E-state index contributed by atoms with van der Waals surface area (Å²) in [5.41, 5.74) is 0. The van der Waals surface area contributed by atoms with E-state index in [-0.39, 0.29) is 5.92 Å². The lowest BCUT2D eigenvalue weighted by atomic mass is 10.2. The van der Waals surface area contributed by atoms with E-state index >= 15 is 0 Å². The number of nitriles is 1. The molecule has 1 nitrogen and oxygen atoms in total. The van der Waals surface area contributed by atoms with E-state index in [1.807, 2.05) is 18.7 Å². The van der Waals surface area contributed by atoms with Crippen molar-refractivity contribution in [2.45, 2.75) is 27.2 Å². The number of nitrogens with zero attached hydrogens (tertiary/aromatic N) is 1. The Bertz CT molecular complexity index is 126. The van der Waals surface area contributed by atoms with Crippen LogP contribution in [0.4, 0.5) is 0 Å². The summed E-state index contributed by atoms with van der Waals surface area (Å²) >= 11 is 1.89. The van der Waals surface area contributed by atoms with E-state index in [0.29, 0.717) is 0 Å². The fourth-order valence-electron chi connectivity index (χ4n) is 0.616. The van der Waals surface area contributed by atoms with Gasteiger partial charge in [0.1, 0.15) is 0 Å². The van der Waals surface area contributed by atoms with Gasteiger partial charge in [0.25, 0.3) is 0 Å². The fraction of sp³-hybridized carbons (Fsp3) is 0.889. The monoisotopic (exact) mass is 171 g/mol. The molecule has 0 aromatic heterocycles. The lowest BCUT2D eigenvalue weighted by Crippen LogP contribution is -1.96. The molecule has 1 atom stereocenters. The maximum Gasteiger partial charge on any atom is 0.0661 e. The molecule has 0 N–H and O–H groups in total. The van der Waals surface area contributed by atoms with Gasteiger partial charge in [0.05, 0.1) is 12.0 Å². The van der Waals surface area contributed by atoms with Gasteiger partial charge in [-0.25, -0.2) is 0 Å². The molecule has 0 amide bonds. The van der Waals surface area contributed by atoms with Crippen LogP contribution >= 0.6 is 11.8 Å². The fourth-order valence-corrected chi connectivity index (χ4v) is 1.85. The summed E-state index contributed by atoms with van der Waals surface area (Å²) in [6.07, 6.45) is 1.27. The average molecular weight is 171 g/mol. The molecule has 0 aliphatic rings. The molecule has 0 bridgehead atoms. The summed E-state index contributed by atoms with van der Waals surface area (Å²) in [6.45, 7) is 6.44. The summed E-state index contributed by atoms with van der Waals surface area (Å²) in [5.74, 6) is 3.19.